The van der Waals surface area contributed by atoms with Crippen molar-refractivity contribution in [1.29, 1.82) is 0 Å². The van der Waals surface area contributed by atoms with E-state index in [1.54, 1.807) is 0 Å². The van der Waals surface area contributed by atoms with Crippen molar-refractivity contribution < 1.29 is 22.4 Å². The zero-order chi connectivity index (χ0) is 17.9. The first-order valence-corrected chi connectivity index (χ1v) is 7.25. The summed E-state index contributed by atoms with van der Waals surface area (Å²) in [7, 11) is 0. The predicted molar refractivity (Wildman–Crippen MR) is 83.5 cm³/mol. The van der Waals surface area contributed by atoms with Crippen LogP contribution >= 0.6 is 0 Å². The van der Waals surface area contributed by atoms with Crippen LogP contribution < -0.4 is 5.32 Å². The summed E-state index contributed by atoms with van der Waals surface area (Å²) in [6.45, 7) is 0. The molecule has 0 unspecified atom stereocenters. The maximum absolute atomic E-state index is 12.5. The van der Waals surface area contributed by atoms with Crippen LogP contribution in [0.2, 0.25) is 0 Å². The molecule has 3 rings (SSSR count). The molecule has 0 aliphatic rings. The summed E-state index contributed by atoms with van der Waals surface area (Å²) in [6, 6.07) is 11.1. The first-order chi connectivity index (χ1) is 11.9. The van der Waals surface area contributed by atoms with Crippen molar-refractivity contribution in [3.8, 4) is 11.5 Å². The zero-order valence-electron chi connectivity index (χ0n) is 12.7. The predicted octanol–water partition coefficient (Wildman–Crippen LogP) is 3.94. The monoisotopic (exact) mass is 347 g/mol. The number of aromatic nitrogens is 2. The molecule has 0 fully saturated rings. The maximum Gasteiger partial charge on any atom is 0.417 e. The Morgan fingerprint density at radius 2 is 1.88 bits per heavy atom. The van der Waals surface area contributed by atoms with Gasteiger partial charge in [0.15, 0.2) is 0 Å². The number of carbonyl (C=O) groups is 1. The van der Waals surface area contributed by atoms with Crippen LogP contribution in [0.5, 0.6) is 0 Å². The number of halogens is 3. The SMILES string of the molecule is O=C(Cc1coc(-c2ccccc2)n1)Nc1ccc(C(F)(F)F)cn1. The summed E-state index contributed by atoms with van der Waals surface area (Å²) < 4.78 is 42.7. The lowest BCUT2D eigenvalue weighted by Crippen LogP contribution is -2.16. The quantitative estimate of drug-likeness (QED) is 0.776. The highest BCUT2D eigenvalue weighted by Crippen LogP contribution is 2.28. The van der Waals surface area contributed by atoms with Crippen molar-refractivity contribution in [2.75, 3.05) is 5.32 Å². The lowest BCUT2D eigenvalue weighted by Gasteiger charge is -2.07. The molecule has 0 bridgehead atoms. The van der Waals surface area contributed by atoms with Crippen molar-refractivity contribution in [2.24, 2.45) is 0 Å². The number of amides is 1. The Morgan fingerprint density at radius 3 is 2.52 bits per heavy atom. The van der Waals surface area contributed by atoms with Gasteiger partial charge in [-0.25, -0.2) is 9.97 Å². The Bertz CT molecular complexity index is 859. The summed E-state index contributed by atoms with van der Waals surface area (Å²) >= 11 is 0. The molecule has 0 saturated heterocycles. The molecule has 5 nitrogen and oxygen atoms in total. The third-order valence-electron chi connectivity index (χ3n) is 3.27. The maximum atomic E-state index is 12.5. The minimum Gasteiger partial charge on any atom is -0.444 e. The van der Waals surface area contributed by atoms with Crippen molar-refractivity contribution in [1.82, 2.24) is 9.97 Å². The van der Waals surface area contributed by atoms with Gasteiger partial charge >= 0.3 is 6.18 Å². The molecule has 0 saturated carbocycles. The highest BCUT2D eigenvalue weighted by atomic mass is 19.4. The number of hydrogen-bond donors (Lipinski definition) is 1. The Labute approximate surface area is 140 Å². The van der Waals surface area contributed by atoms with Gasteiger partial charge in [-0.05, 0) is 24.3 Å². The van der Waals surface area contributed by atoms with Gasteiger partial charge in [0, 0.05) is 11.8 Å². The van der Waals surface area contributed by atoms with E-state index >= 15 is 0 Å². The molecule has 2 heterocycles. The second kappa shape index (κ2) is 6.76. The average molecular weight is 347 g/mol. The van der Waals surface area contributed by atoms with Crippen LogP contribution in [-0.4, -0.2) is 15.9 Å². The van der Waals surface area contributed by atoms with E-state index < -0.39 is 17.6 Å². The first kappa shape index (κ1) is 16.7. The number of anilines is 1. The molecule has 0 radical (unpaired) electrons. The number of rotatable bonds is 4. The summed E-state index contributed by atoms with van der Waals surface area (Å²) in [4.78, 5) is 19.8. The van der Waals surface area contributed by atoms with Crippen LogP contribution in [0.15, 0.2) is 59.3 Å². The average Bonchev–Trinajstić information content (AvgIpc) is 3.03. The minimum absolute atomic E-state index is 0.0322. The second-order valence-corrected chi connectivity index (χ2v) is 5.16. The van der Waals surface area contributed by atoms with Gasteiger partial charge in [-0.15, -0.1) is 0 Å². The molecule has 0 atom stereocenters. The number of carbonyl (C=O) groups excluding carboxylic acids is 1. The summed E-state index contributed by atoms with van der Waals surface area (Å²) in [5.74, 6) is -0.0407. The number of benzene rings is 1. The van der Waals surface area contributed by atoms with Crippen LogP contribution in [0.25, 0.3) is 11.5 Å². The van der Waals surface area contributed by atoms with E-state index in [9.17, 15) is 18.0 Å². The van der Waals surface area contributed by atoms with Crippen LogP contribution in [0, 0.1) is 0 Å². The largest absolute Gasteiger partial charge is 0.444 e. The summed E-state index contributed by atoms with van der Waals surface area (Å²) in [6.07, 6.45) is -2.52. The molecule has 0 spiro atoms. The number of pyridine rings is 1. The molecule has 8 heteroatoms. The Morgan fingerprint density at radius 1 is 1.12 bits per heavy atom. The first-order valence-electron chi connectivity index (χ1n) is 7.25. The van der Waals surface area contributed by atoms with Crippen LogP contribution in [0.1, 0.15) is 11.3 Å². The highest BCUT2D eigenvalue weighted by molar-refractivity contribution is 5.91. The molecule has 128 valence electrons. The molecular formula is C17H12F3N3O2. The zero-order valence-corrected chi connectivity index (χ0v) is 12.7. The van der Waals surface area contributed by atoms with Crippen LogP contribution in [0.3, 0.4) is 0 Å². The van der Waals surface area contributed by atoms with E-state index in [1.807, 2.05) is 30.3 Å². The lowest BCUT2D eigenvalue weighted by atomic mass is 10.2. The molecule has 0 aliphatic heterocycles. The summed E-state index contributed by atoms with van der Waals surface area (Å²) in [5.41, 5.74) is 0.302. The molecular weight excluding hydrogens is 335 g/mol. The fourth-order valence-electron chi connectivity index (χ4n) is 2.09. The molecule has 2 aromatic heterocycles. The van der Waals surface area contributed by atoms with E-state index in [2.05, 4.69) is 15.3 Å². The second-order valence-electron chi connectivity index (χ2n) is 5.16. The normalized spacial score (nSPS) is 11.3. The van der Waals surface area contributed by atoms with Gasteiger partial charge in [0.25, 0.3) is 0 Å². The van der Waals surface area contributed by atoms with Gasteiger partial charge in [-0.3, -0.25) is 4.79 Å². The number of oxazole rings is 1. The Kier molecular flexibility index (Phi) is 4.51. The molecule has 25 heavy (non-hydrogen) atoms. The minimum atomic E-state index is -4.47. The molecule has 1 N–H and O–H groups in total. The van der Waals surface area contributed by atoms with Crippen LogP contribution in [-0.2, 0) is 17.4 Å². The van der Waals surface area contributed by atoms with Gasteiger partial charge in [0.2, 0.25) is 11.8 Å². The summed E-state index contributed by atoms with van der Waals surface area (Å²) in [5, 5.41) is 2.42. The number of hydrogen-bond acceptors (Lipinski definition) is 4. The smallest absolute Gasteiger partial charge is 0.417 e. The van der Waals surface area contributed by atoms with Crippen molar-refractivity contribution in [2.45, 2.75) is 12.6 Å². The van der Waals surface area contributed by atoms with E-state index in [4.69, 9.17) is 4.42 Å². The van der Waals surface area contributed by atoms with Gasteiger partial charge < -0.3 is 9.73 Å². The van der Waals surface area contributed by atoms with E-state index in [1.165, 1.54) is 6.26 Å². The standard InChI is InChI=1S/C17H12F3N3O2/c18-17(19,20)12-6-7-14(21-9-12)23-15(24)8-13-10-25-16(22-13)11-4-2-1-3-5-11/h1-7,9-10H,8H2,(H,21,23,24). The van der Waals surface area contributed by atoms with E-state index in [-0.39, 0.29) is 12.2 Å². The third-order valence-corrected chi connectivity index (χ3v) is 3.27. The number of nitrogens with one attached hydrogen (secondary N) is 1. The van der Waals surface area contributed by atoms with Crippen molar-refractivity contribution >= 4 is 11.7 Å². The van der Waals surface area contributed by atoms with Gasteiger partial charge in [-0.2, -0.15) is 13.2 Å². The topological polar surface area (TPSA) is 68.0 Å². The Hall–Kier alpha value is -3.16. The van der Waals surface area contributed by atoms with E-state index in [0.29, 0.717) is 17.8 Å². The molecule has 1 aromatic carbocycles. The van der Waals surface area contributed by atoms with Crippen LogP contribution in [0.4, 0.5) is 19.0 Å². The third kappa shape index (κ3) is 4.23. The highest BCUT2D eigenvalue weighted by Gasteiger charge is 2.30. The fourth-order valence-corrected chi connectivity index (χ4v) is 2.09. The van der Waals surface area contributed by atoms with Gasteiger partial charge in [0.1, 0.15) is 12.1 Å². The molecule has 0 aliphatic carbocycles. The number of alkyl halides is 3. The lowest BCUT2D eigenvalue weighted by molar-refractivity contribution is -0.137. The van der Waals surface area contributed by atoms with Crippen molar-refractivity contribution in [3.63, 3.8) is 0 Å². The fraction of sp³-hybridized carbons (Fsp3) is 0.118. The molecule has 3 aromatic rings. The van der Waals surface area contributed by atoms with E-state index in [0.717, 1.165) is 17.7 Å². The van der Waals surface area contributed by atoms with Gasteiger partial charge in [-0.1, -0.05) is 18.2 Å². The van der Waals surface area contributed by atoms with Crippen molar-refractivity contribution in [3.05, 3.63) is 66.2 Å². The number of nitrogens with zero attached hydrogens (tertiary/aromatic N) is 2. The molecule has 1 amide bonds. The van der Waals surface area contributed by atoms with Gasteiger partial charge in [0.05, 0.1) is 17.7 Å². The Balaban J connectivity index is 1.62.